The summed E-state index contributed by atoms with van der Waals surface area (Å²) in [5.74, 6) is 1.94. The third kappa shape index (κ3) is 7.47. The molecule has 7 heteroatoms. The first kappa shape index (κ1) is 23.4. The minimum Gasteiger partial charge on any atom is -0.357 e. The number of nitrogens with zero attached hydrogens (tertiary/aromatic N) is 3. The fourth-order valence-electron chi connectivity index (χ4n) is 2.98. The molecule has 3 aromatic rings. The summed E-state index contributed by atoms with van der Waals surface area (Å²) in [6.07, 6.45) is 5.86. The van der Waals surface area contributed by atoms with Crippen LogP contribution in [0.1, 0.15) is 35.0 Å². The minimum absolute atomic E-state index is 0. The second-order valence-electron chi connectivity index (χ2n) is 6.55. The number of nitrogens with one attached hydrogen (secondary N) is 2. The highest BCUT2D eigenvalue weighted by atomic mass is 127. The molecule has 0 fully saturated rings. The lowest BCUT2D eigenvalue weighted by Gasteiger charge is -2.12. The van der Waals surface area contributed by atoms with Crippen molar-refractivity contribution < 1.29 is 0 Å². The SMILES string of the molecule is CCNC(=NCc1ccc(CC)s1)NCCc1nccn1Cc1ccccc1.I. The van der Waals surface area contributed by atoms with Crippen LogP contribution in [0.25, 0.3) is 0 Å². The summed E-state index contributed by atoms with van der Waals surface area (Å²) in [5, 5.41) is 6.76. The molecule has 0 aliphatic carbocycles. The summed E-state index contributed by atoms with van der Waals surface area (Å²) in [7, 11) is 0. The van der Waals surface area contributed by atoms with E-state index in [2.05, 4.69) is 70.4 Å². The topological polar surface area (TPSA) is 54.2 Å². The number of aryl methyl sites for hydroxylation is 1. The van der Waals surface area contributed by atoms with Crippen molar-refractivity contribution in [2.75, 3.05) is 13.1 Å². The standard InChI is InChI=1S/C22H29N5S.HI/c1-3-19-10-11-20(28-19)16-26-22(23-4-2)25-13-12-21-24-14-15-27(21)17-18-8-6-5-7-9-18;/h5-11,14-15H,3-4,12-13,16-17H2,1-2H3,(H2,23,25,26);1H. The summed E-state index contributed by atoms with van der Waals surface area (Å²) in [5.41, 5.74) is 1.28. The van der Waals surface area contributed by atoms with E-state index in [0.717, 1.165) is 44.3 Å². The number of thiophene rings is 1. The lowest BCUT2D eigenvalue weighted by atomic mass is 10.2. The third-order valence-electron chi connectivity index (χ3n) is 4.44. The van der Waals surface area contributed by atoms with Gasteiger partial charge in [-0.25, -0.2) is 9.98 Å². The molecule has 0 aliphatic rings. The molecule has 0 saturated heterocycles. The highest BCUT2D eigenvalue weighted by Crippen LogP contribution is 2.17. The van der Waals surface area contributed by atoms with Crippen LogP contribution < -0.4 is 10.6 Å². The number of aromatic nitrogens is 2. The highest BCUT2D eigenvalue weighted by Gasteiger charge is 2.05. The van der Waals surface area contributed by atoms with Crippen LogP contribution in [0.3, 0.4) is 0 Å². The van der Waals surface area contributed by atoms with Gasteiger partial charge in [0.2, 0.25) is 0 Å². The van der Waals surface area contributed by atoms with Crippen molar-refractivity contribution in [3.8, 4) is 0 Å². The molecule has 0 aliphatic heterocycles. The molecule has 156 valence electrons. The van der Waals surface area contributed by atoms with Crippen LogP contribution in [0.2, 0.25) is 0 Å². The van der Waals surface area contributed by atoms with Crippen molar-refractivity contribution in [3.05, 3.63) is 76.0 Å². The minimum atomic E-state index is 0. The van der Waals surface area contributed by atoms with E-state index >= 15 is 0 Å². The number of aliphatic imine (C=N–C) groups is 1. The van der Waals surface area contributed by atoms with Gasteiger partial charge in [-0.05, 0) is 31.0 Å². The molecule has 29 heavy (non-hydrogen) atoms. The van der Waals surface area contributed by atoms with Crippen molar-refractivity contribution in [1.82, 2.24) is 20.2 Å². The fraction of sp³-hybridized carbons (Fsp3) is 0.364. The maximum Gasteiger partial charge on any atom is 0.191 e. The Morgan fingerprint density at radius 3 is 2.59 bits per heavy atom. The van der Waals surface area contributed by atoms with Crippen molar-refractivity contribution in [2.45, 2.75) is 39.8 Å². The Morgan fingerprint density at radius 2 is 1.86 bits per heavy atom. The van der Waals surface area contributed by atoms with E-state index in [0.29, 0.717) is 6.54 Å². The Labute approximate surface area is 194 Å². The zero-order valence-electron chi connectivity index (χ0n) is 17.1. The van der Waals surface area contributed by atoms with Gasteiger partial charge in [-0.15, -0.1) is 35.3 Å². The van der Waals surface area contributed by atoms with E-state index in [1.807, 2.05) is 29.8 Å². The van der Waals surface area contributed by atoms with Gasteiger partial charge < -0.3 is 15.2 Å². The average Bonchev–Trinajstić information content (AvgIpc) is 3.36. The Kier molecular flexibility index (Phi) is 10.2. The lowest BCUT2D eigenvalue weighted by Crippen LogP contribution is -2.38. The van der Waals surface area contributed by atoms with Gasteiger partial charge in [0.05, 0.1) is 6.54 Å². The Morgan fingerprint density at radius 1 is 1.07 bits per heavy atom. The molecule has 0 unspecified atom stereocenters. The van der Waals surface area contributed by atoms with Crippen LogP contribution in [-0.4, -0.2) is 28.6 Å². The first-order valence-corrected chi connectivity index (χ1v) is 10.7. The largest absolute Gasteiger partial charge is 0.357 e. The van der Waals surface area contributed by atoms with E-state index in [1.54, 1.807) is 0 Å². The average molecular weight is 523 g/mol. The molecular formula is C22H30IN5S. The molecule has 1 aromatic carbocycles. The van der Waals surface area contributed by atoms with Crippen LogP contribution in [0.5, 0.6) is 0 Å². The number of halogens is 1. The molecule has 0 amide bonds. The maximum absolute atomic E-state index is 4.72. The van der Waals surface area contributed by atoms with Crippen LogP contribution in [-0.2, 0) is 25.9 Å². The number of hydrogen-bond donors (Lipinski definition) is 2. The van der Waals surface area contributed by atoms with Crippen molar-refractivity contribution >= 4 is 41.3 Å². The molecule has 2 N–H and O–H groups in total. The smallest absolute Gasteiger partial charge is 0.191 e. The van der Waals surface area contributed by atoms with Gasteiger partial charge in [-0.2, -0.15) is 0 Å². The summed E-state index contributed by atoms with van der Waals surface area (Å²) in [4.78, 5) is 12.0. The zero-order valence-corrected chi connectivity index (χ0v) is 20.2. The number of benzene rings is 1. The zero-order chi connectivity index (χ0) is 19.6. The number of imidazole rings is 1. The predicted molar refractivity (Wildman–Crippen MR) is 133 cm³/mol. The Bertz CT molecular complexity index is 872. The first-order chi connectivity index (χ1) is 13.8. The van der Waals surface area contributed by atoms with Gasteiger partial charge in [0.15, 0.2) is 5.96 Å². The summed E-state index contributed by atoms with van der Waals surface area (Å²) in [6.45, 7) is 7.47. The van der Waals surface area contributed by atoms with Gasteiger partial charge in [0.1, 0.15) is 5.82 Å². The molecule has 0 spiro atoms. The molecular weight excluding hydrogens is 493 g/mol. The molecule has 2 heterocycles. The summed E-state index contributed by atoms with van der Waals surface area (Å²) < 4.78 is 2.21. The number of guanidine groups is 1. The Hall–Kier alpha value is -1.87. The first-order valence-electron chi connectivity index (χ1n) is 9.92. The van der Waals surface area contributed by atoms with E-state index < -0.39 is 0 Å². The molecule has 0 bridgehead atoms. The molecule has 0 radical (unpaired) electrons. The maximum atomic E-state index is 4.72. The lowest BCUT2D eigenvalue weighted by molar-refractivity contribution is 0.694. The van der Waals surface area contributed by atoms with Crippen molar-refractivity contribution in [2.24, 2.45) is 4.99 Å². The molecule has 3 rings (SSSR count). The number of hydrogen-bond acceptors (Lipinski definition) is 3. The number of rotatable bonds is 9. The molecule has 0 saturated carbocycles. The van der Waals surface area contributed by atoms with Gasteiger partial charge in [-0.3, -0.25) is 0 Å². The molecule has 2 aromatic heterocycles. The van der Waals surface area contributed by atoms with Crippen LogP contribution in [0.15, 0.2) is 59.9 Å². The van der Waals surface area contributed by atoms with Gasteiger partial charge >= 0.3 is 0 Å². The van der Waals surface area contributed by atoms with E-state index in [-0.39, 0.29) is 24.0 Å². The third-order valence-corrected chi connectivity index (χ3v) is 5.66. The Balaban J connectivity index is 0.00000300. The predicted octanol–water partition coefficient (Wildman–Crippen LogP) is 4.47. The highest BCUT2D eigenvalue weighted by molar-refractivity contribution is 14.0. The van der Waals surface area contributed by atoms with Gasteiger partial charge in [-0.1, -0.05) is 37.3 Å². The summed E-state index contributed by atoms with van der Waals surface area (Å²) >= 11 is 1.84. The summed E-state index contributed by atoms with van der Waals surface area (Å²) in [6, 6.07) is 14.9. The second kappa shape index (κ2) is 12.6. The van der Waals surface area contributed by atoms with Gasteiger partial charge in [0, 0.05) is 48.2 Å². The quantitative estimate of drug-likeness (QED) is 0.247. The molecule has 5 nitrogen and oxygen atoms in total. The van der Waals surface area contributed by atoms with Crippen LogP contribution in [0, 0.1) is 0 Å². The van der Waals surface area contributed by atoms with E-state index in [9.17, 15) is 0 Å². The second-order valence-corrected chi connectivity index (χ2v) is 7.80. The monoisotopic (exact) mass is 523 g/mol. The van der Waals surface area contributed by atoms with Crippen molar-refractivity contribution in [1.29, 1.82) is 0 Å². The van der Waals surface area contributed by atoms with E-state index in [4.69, 9.17) is 4.99 Å². The van der Waals surface area contributed by atoms with E-state index in [1.165, 1.54) is 15.3 Å². The van der Waals surface area contributed by atoms with Crippen LogP contribution in [0.4, 0.5) is 0 Å². The van der Waals surface area contributed by atoms with Crippen LogP contribution >= 0.6 is 35.3 Å². The molecule has 0 atom stereocenters. The van der Waals surface area contributed by atoms with Gasteiger partial charge in [0.25, 0.3) is 0 Å². The van der Waals surface area contributed by atoms with Crippen molar-refractivity contribution in [3.63, 3.8) is 0 Å². The normalized spacial score (nSPS) is 11.2. The fourth-order valence-corrected chi connectivity index (χ4v) is 3.86.